The lowest BCUT2D eigenvalue weighted by Crippen LogP contribution is -2.30. The molecule has 0 aromatic rings. The van der Waals surface area contributed by atoms with Crippen LogP contribution in [0.4, 0.5) is 0 Å². The molecule has 0 rings (SSSR count). The van der Waals surface area contributed by atoms with Crippen molar-refractivity contribution in [3.8, 4) is 0 Å². The first-order valence-corrected chi connectivity index (χ1v) is 6.15. The molecule has 0 saturated heterocycles. The van der Waals surface area contributed by atoms with Crippen LogP contribution in [0.2, 0.25) is 0 Å². The van der Waals surface area contributed by atoms with E-state index in [1.165, 1.54) is 6.42 Å². The highest BCUT2D eigenvalue weighted by Gasteiger charge is 2.25. The monoisotopic (exact) mass is 214 g/mol. The van der Waals surface area contributed by atoms with Gasteiger partial charge in [0.15, 0.2) is 0 Å². The number of rotatable bonds is 7. The Labute approximate surface area is 94.4 Å². The lowest BCUT2D eigenvalue weighted by Gasteiger charge is -2.28. The van der Waals surface area contributed by atoms with E-state index in [1.807, 2.05) is 13.8 Å². The minimum atomic E-state index is -0.248. The van der Waals surface area contributed by atoms with Crippen molar-refractivity contribution in [2.45, 2.75) is 72.3 Å². The molecule has 1 atom stereocenters. The highest BCUT2D eigenvalue weighted by molar-refractivity contribution is 5.69. The molecule has 90 valence electrons. The molecule has 0 amide bonds. The Kier molecular flexibility index (Phi) is 6.62. The van der Waals surface area contributed by atoms with E-state index in [9.17, 15) is 4.79 Å². The minimum Gasteiger partial charge on any atom is -0.459 e. The van der Waals surface area contributed by atoms with E-state index < -0.39 is 0 Å². The van der Waals surface area contributed by atoms with Gasteiger partial charge in [0.05, 0.1) is 0 Å². The summed E-state index contributed by atoms with van der Waals surface area (Å²) in [5.74, 6) is 0.650. The Morgan fingerprint density at radius 1 is 1.33 bits per heavy atom. The maximum absolute atomic E-state index is 11.3. The first-order chi connectivity index (χ1) is 6.93. The summed E-state index contributed by atoms with van der Waals surface area (Å²) in [6, 6.07) is 0. The molecular formula is C13H26O2. The maximum atomic E-state index is 11.3. The van der Waals surface area contributed by atoms with Crippen molar-refractivity contribution >= 4 is 5.97 Å². The smallest absolute Gasteiger partial charge is 0.306 e. The molecule has 0 aliphatic carbocycles. The van der Waals surface area contributed by atoms with Gasteiger partial charge in [-0.2, -0.15) is 0 Å². The number of carbonyl (C=O) groups excluding carboxylic acids is 1. The zero-order valence-electron chi connectivity index (χ0n) is 10.9. The summed E-state index contributed by atoms with van der Waals surface area (Å²) in [6.45, 7) is 10.4. The maximum Gasteiger partial charge on any atom is 0.306 e. The summed E-state index contributed by atoms with van der Waals surface area (Å²) in [4.78, 5) is 11.3. The molecule has 0 saturated carbocycles. The topological polar surface area (TPSA) is 26.3 Å². The normalized spacial score (nSPS) is 15.1. The Hall–Kier alpha value is -0.530. The van der Waals surface area contributed by atoms with Gasteiger partial charge in [0.1, 0.15) is 5.60 Å². The van der Waals surface area contributed by atoms with Crippen LogP contribution in [0.25, 0.3) is 0 Å². The molecule has 0 aliphatic heterocycles. The van der Waals surface area contributed by atoms with E-state index in [0.29, 0.717) is 6.42 Å². The molecule has 0 fully saturated rings. The summed E-state index contributed by atoms with van der Waals surface area (Å²) in [6.07, 6.45) is 4.70. The average molecular weight is 214 g/mol. The van der Waals surface area contributed by atoms with Crippen LogP contribution in [0.1, 0.15) is 66.7 Å². The van der Waals surface area contributed by atoms with Crippen LogP contribution in [0.5, 0.6) is 0 Å². The number of esters is 1. The van der Waals surface area contributed by atoms with Crippen LogP contribution in [-0.2, 0) is 9.53 Å². The highest BCUT2D eigenvalue weighted by atomic mass is 16.6. The van der Waals surface area contributed by atoms with Gasteiger partial charge < -0.3 is 4.74 Å². The van der Waals surface area contributed by atoms with E-state index in [1.54, 1.807) is 0 Å². The van der Waals surface area contributed by atoms with Crippen molar-refractivity contribution in [1.29, 1.82) is 0 Å². The Morgan fingerprint density at radius 3 is 2.33 bits per heavy atom. The van der Waals surface area contributed by atoms with Crippen LogP contribution in [0.3, 0.4) is 0 Å². The predicted molar refractivity (Wildman–Crippen MR) is 63.8 cm³/mol. The number of ether oxygens (including phenoxy) is 1. The summed E-state index contributed by atoms with van der Waals surface area (Å²) in [5, 5.41) is 0. The molecule has 2 nitrogen and oxygen atoms in total. The number of hydrogen-bond donors (Lipinski definition) is 0. The van der Waals surface area contributed by atoms with Gasteiger partial charge in [0.2, 0.25) is 0 Å². The molecule has 15 heavy (non-hydrogen) atoms. The van der Waals surface area contributed by atoms with Crippen LogP contribution in [0, 0.1) is 5.92 Å². The lowest BCUT2D eigenvalue weighted by molar-refractivity contribution is -0.158. The summed E-state index contributed by atoms with van der Waals surface area (Å²) in [7, 11) is 0. The zero-order valence-corrected chi connectivity index (χ0v) is 10.9. The molecule has 0 radical (unpaired) electrons. The van der Waals surface area contributed by atoms with Gasteiger partial charge in [0.25, 0.3) is 0 Å². The van der Waals surface area contributed by atoms with E-state index in [4.69, 9.17) is 4.74 Å². The molecule has 0 bridgehead atoms. The molecule has 0 heterocycles. The molecule has 0 aliphatic rings. The van der Waals surface area contributed by atoms with Gasteiger partial charge in [-0.15, -0.1) is 0 Å². The van der Waals surface area contributed by atoms with Crippen LogP contribution in [0.15, 0.2) is 0 Å². The van der Waals surface area contributed by atoms with Crippen molar-refractivity contribution in [2.75, 3.05) is 0 Å². The number of hydrogen-bond acceptors (Lipinski definition) is 2. The second kappa shape index (κ2) is 6.86. The molecular weight excluding hydrogens is 188 g/mol. The second-order valence-corrected chi connectivity index (χ2v) is 4.92. The number of carbonyl (C=O) groups is 1. The van der Waals surface area contributed by atoms with Gasteiger partial charge in [-0.25, -0.2) is 0 Å². The van der Waals surface area contributed by atoms with Gasteiger partial charge in [-0.1, -0.05) is 34.1 Å². The van der Waals surface area contributed by atoms with E-state index in [-0.39, 0.29) is 11.6 Å². The van der Waals surface area contributed by atoms with Crippen molar-refractivity contribution in [3.63, 3.8) is 0 Å². The van der Waals surface area contributed by atoms with Crippen molar-refractivity contribution < 1.29 is 9.53 Å². The molecule has 0 spiro atoms. The standard InChI is InChI=1S/C13H26O2/c1-6-12(14)15-13(5,7-2)10-8-9-11(3)4/h11H,6-10H2,1-5H3. The SMILES string of the molecule is CCC(=O)OC(C)(CC)CCCC(C)C. The van der Waals surface area contributed by atoms with Crippen LogP contribution >= 0.6 is 0 Å². The molecule has 1 unspecified atom stereocenters. The van der Waals surface area contributed by atoms with Gasteiger partial charge in [0, 0.05) is 6.42 Å². The second-order valence-electron chi connectivity index (χ2n) is 4.92. The molecule has 2 heteroatoms. The third kappa shape index (κ3) is 6.53. The third-order valence-corrected chi connectivity index (χ3v) is 2.88. The van der Waals surface area contributed by atoms with E-state index >= 15 is 0 Å². The fourth-order valence-electron chi connectivity index (χ4n) is 1.53. The lowest BCUT2D eigenvalue weighted by atomic mass is 9.93. The van der Waals surface area contributed by atoms with Crippen molar-refractivity contribution in [1.82, 2.24) is 0 Å². The summed E-state index contributed by atoms with van der Waals surface area (Å²) in [5.41, 5.74) is -0.248. The zero-order chi connectivity index (χ0) is 11.9. The van der Waals surface area contributed by atoms with Gasteiger partial charge in [-0.05, 0) is 32.1 Å². The minimum absolute atomic E-state index is 0.0797. The fourth-order valence-corrected chi connectivity index (χ4v) is 1.53. The summed E-state index contributed by atoms with van der Waals surface area (Å²) >= 11 is 0. The van der Waals surface area contributed by atoms with Gasteiger partial charge in [-0.3, -0.25) is 4.79 Å². The van der Waals surface area contributed by atoms with Crippen LogP contribution < -0.4 is 0 Å². The summed E-state index contributed by atoms with van der Waals surface area (Å²) < 4.78 is 5.48. The quantitative estimate of drug-likeness (QED) is 0.600. The highest BCUT2D eigenvalue weighted by Crippen LogP contribution is 2.24. The third-order valence-electron chi connectivity index (χ3n) is 2.88. The average Bonchev–Trinajstić information content (AvgIpc) is 2.17. The molecule has 0 aromatic heterocycles. The predicted octanol–water partition coefficient (Wildman–Crippen LogP) is 3.93. The Morgan fingerprint density at radius 2 is 1.93 bits per heavy atom. The fraction of sp³-hybridized carbons (Fsp3) is 0.923. The first kappa shape index (κ1) is 14.5. The van der Waals surface area contributed by atoms with Gasteiger partial charge >= 0.3 is 5.97 Å². The first-order valence-electron chi connectivity index (χ1n) is 6.15. The van der Waals surface area contributed by atoms with E-state index in [0.717, 1.165) is 25.2 Å². The van der Waals surface area contributed by atoms with Crippen molar-refractivity contribution in [2.24, 2.45) is 5.92 Å². The van der Waals surface area contributed by atoms with Crippen LogP contribution in [-0.4, -0.2) is 11.6 Å². The van der Waals surface area contributed by atoms with E-state index in [2.05, 4.69) is 20.8 Å². The molecule has 0 aromatic carbocycles. The largest absolute Gasteiger partial charge is 0.459 e. The molecule has 0 N–H and O–H groups in total. The Balaban J connectivity index is 4.01. The van der Waals surface area contributed by atoms with Crippen molar-refractivity contribution in [3.05, 3.63) is 0 Å². The Bertz CT molecular complexity index is 187.